The van der Waals surface area contributed by atoms with E-state index < -0.39 is 0 Å². The Morgan fingerprint density at radius 3 is 2.53 bits per heavy atom. The van der Waals surface area contributed by atoms with Crippen molar-refractivity contribution in [1.29, 1.82) is 0 Å². The molecule has 3 heteroatoms. The van der Waals surface area contributed by atoms with Gasteiger partial charge in [-0.3, -0.25) is 4.79 Å². The maximum Gasteiger partial charge on any atom is 0.223 e. The number of hydrogen-bond donors (Lipinski definition) is 1. The van der Waals surface area contributed by atoms with Crippen molar-refractivity contribution in [3.8, 4) is 0 Å². The van der Waals surface area contributed by atoms with Crippen LogP contribution in [0.15, 0.2) is 0 Å². The Balaban J connectivity index is 1.46. The predicted octanol–water partition coefficient (Wildman–Crippen LogP) is 2.17. The molecule has 84 valence electrons. The molecule has 0 aromatic rings. The van der Waals surface area contributed by atoms with Gasteiger partial charge in [-0.2, -0.15) is 0 Å². The molecule has 0 aliphatic heterocycles. The Labute approximate surface area is 95.8 Å². The Morgan fingerprint density at radius 1 is 1.33 bits per heavy atom. The van der Waals surface area contributed by atoms with Crippen LogP contribution in [-0.2, 0) is 4.79 Å². The van der Waals surface area contributed by atoms with Gasteiger partial charge in [0.05, 0.1) is 0 Å². The SMILES string of the molecule is O=C(NCC1(CCl)CC1)C1C2CCCC21. The molecular weight excluding hydrogens is 210 g/mol. The second-order valence-corrected chi connectivity index (χ2v) is 5.90. The highest BCUT2D eigenvalue weighted by molar-refractivity contribution is 6.18. The number of amides is 1. The first-order valence-corrected chi connectivity index (χ1v) is 6.63. The Kier molecular flexibility index (Phi) is 2.24. The predicted molar refractivity (Wildman–Crippen MR) is 59.7 cm³/mol. The zero-order chi connectivity index (χ0) is 10.5. The standard InChI is InChI=1S/C12H18ClNO/c13-6-12(4-5-12)7-14-11(15)10-8-2-1-3-9(8)10/h8-10H,1-7H2,(H,14,15). The molecule has 3 aliphatic rings. The lowest BCUT2D eigenvalue weighted by Crippen LogP contribution is -2.33. The van der Waals surface area contributed by atoms with Crippen LogP contribution < -0.4 is 5.32 Å². The summed E-state index contributed by atoms with van der Waals surface area (Å²) in [4.78, 5) is 11.9. The average molecular weight is 228 g/mol. The number of hydrogen-bond acceptors (Lipinski definition) is 1. The molecule has 0 aromatic carbocycles. The van der Waals surface area contributed by atoms with Gasteiger partial charge in [-0.15, -0.1) is 11.6 Å². The van der Waals surface area contributed by atoms with Gasteiger partial charge in [0.15, 0.2) is 0 Å². The molecule has 3 saturated carbocycles. The smallest absolute Gasteiger partial charge is 0.223 e. The summed E-state index contributed by atoms with van der Waals surface area (Å²) >= 11 is 5.88. The minimum atomic E-state index is 0.265. The molecule has 2 unspecified atom stereocenters. The van der Waals surface area contributed by atoms with E-state index in [0.717, 1.165) is 18.4 Å². The van der Waals surface area contributed by atoms with Gasteiger partial charge in [0.2, 0.25) is 5.91 Å². The number of rotatable bonds is 4. The highest BCUT2D eigenvalue weighted by Gasteiger charge is 2.56. The molecule has 1 amide bonds. The number of carbonyl (C=O) groups excluding carboxylic acids is 1. The van der Waals surface area contributed by atoms with Gasteiger partial charge in [0.25, 0.3) is 0 Å². The highest BCUT2D eigenvalue weighted by atomic mass is 35.5. The van der Waals surface area contributed by atoms with E-state index in [0.29, 0.717) is 17.7 Å². The summed E-state index contributed by atoms with van der Waals surface area (Å²) in [7, 11) is 0. The van der Waals surface area contributed by atoms with Crippen LogP contribution in [-0.4, -0.2) is 18.3 Å². The fourth-order valence-electron chi connectivity index (χ4n) is 3.14. The van der Waals surface area contributed by atoms with Crippen LogP contribution in [0.2, 0.25) is 0 Å². The second kappa shape index (κ2) is 3.38. The molecule has 3 rings (SSSR count). The third-order valence-corrected chi connectivity index (χ3v) is 5.15. The Hall–Kier alpha value is -0.240. The zero-order valence-corrected chi connectivity index (χ0v) is 9.72. The summed E-state index contributed by atoms with van der Waals surface area (Å²) in [6, 6.07) is 0. The van der Waals surface area contributed by atoms with Crippen LogP contribution in [0, 0.1) is 23.2 Å². The highest BCUT2D eigenvalue weighted by Crippen LogP contribution is 2.57. The molecule has 2 atom stereocenters. The zero-order valence-electron chi connectivity index (χ0n) is 8.97. The molecular formula is C12H18ClNO. The van der Waals surface area contributed by atoms with E-state index in [-0.39, 0.29) is 5.41 Å². The van der Waals surface area contributed by atoms with Crippen molar-refractivity contribution in [3.05, 3.63) is 0 Å². The van der Waals surface area contributed by atoms with Gasteiger partial charge in [0, 0.05) is 23.8 Å². The van der Waals surface area contributed by atoms with E-state index in [2.05, 4.69) is 5.32 Å². The third-order valence-electron chi connectivity index (χ3n) is 4.59. The van der Waals surface area contributed by atoms with Crippen molar-refractivity contribution in [1.82, 2.24) is 5.32 Å². The summed E-state index contributed by atoms with van der Waals surface area (Å²) in [6.45, 7) is 0.811. The lowest BCUT2D eigenvalue weighted by molar-refractivity contribution is -0.123. The quantitative estimate of drug-likeness (QED) is 0.733. The molecule has 0 radical (unpaired) electrons. The van der Waals surface area contributed by atoms with Gasteiger partial charge in [-0.25, -0.2) is 0 Å². The van der Waals surface area contributed by atoms with Crippen LogP contribution in [0.25, 0.3) is 0 Å². The van der Waals surface area contributed by atoms with Gasteiger partial charge in [-0.05, 0) is 37.5 Å². The van der Waals surface area contributed by atoms with Crippen molar-refractivity contribution < 1.29 is 4.79 Å². The number of fused-ring (bicyclic) bond motifs is 1. The number of nitrogens with one attached hydrogen (secondary N) is 1. The van der Waals surface area contributed by atoms with E-state index in [4.69, 9.17) is 11.6 Å². The van der Waals surface area contributed by atoms with Gasteiger partial charge in [0.1, 0.15) is 0 Å². The number of alkyl halides is 1. The second-order valence-electron chi connectivity index (χ2n) is 5.64. The fraction of sp³-hybridized carbons (Fsp3) is 0.917. The van der Waals surface area contributed by atoms with Crippen LogP contribution in [0.1, 0.15) is 32.1 Å². The monoisotopic (exact) mass is 227 g/mol. The lowest BCUT2D eigenvalue weighted by atomic mass is 10.1. The topological polar surface area (TPSA) is 29.1 Å². The summed E-state index contributed by atoms with van der Waals surface area (Å²) in [5.41, 5.74) is 0.265. The van der Waals surface area contributed by atoms with Crippen molar-refractivity contribution in [3.63, 3.8) is 0 Å². The van der Waals surface area contributed by atoms with E-state index in [1.54, 1.807) is 0 Å². The minimum absolute atomic E-state index is 0.265. The molecule has 0 bridgehead atoms. The maximum absolute atomic E-state index is 11.9. The fourth-order valence-corrected chi connectivity index (χ4v) is 3.50. The van der Waals surface area contributed by atoms with Crippen LogP contribution >= 0.6 is 11.6 Å². The van der Waals surface area contributed by atoms with E-state index in [1.807, 2.05) is 0 Å². The molecule has 1 N–H and O–H groups in total. The summed E-state index contributed by atoms with van der Waals surface area (Å²) in [5, 5.41) is 3.10. The van der Waals surface area contributed by atoms with Gasteiger partial charge < -0.3 is 5.32 Å². The maximum atomic E-state index is 11.9. The number of halogens is 1. The molecule has 0 aromatic heterocycles. The first kappa shape index (κ1) is 9.95. The van der Waals surface area contributed by atoms with E-state index in [9.17, 15) is 4.79 Å². The lowest BCUT2D eigenvalue weighted by Gasteiger charge is -2.12. The molecule has 0 spiro atoms. The molecule has 3 fully saturated rings. The third kappa shape index (κ3) is 1.67. The van der Waals surface area contributed by atoms with Gasteiger partial charge >= 0.3 is 0 Å². The van der Waals surface area contributed by atoms with Crippen LogP contribution in [0.4, 0.5) is 0 Å². The van der Waals surface area contributed by atoms with Gasteiger partial charge in [-0.1, -0.05) is 6.42 Å². The van der Waals surface area contributed by atoms with Crippen molar-refractivity contribution in [2.24, 2.45) is 23.2 Å². The Morgan fingerprint density at radius 2 is 2.00 bits per heavy atom. The summed E-state index contributed by atoms with van der Waals surface area (Å²) in [5.74, 6) is 2.84. The first-order valence-electron chi connectivity index (χ1n) is 6.09. The largest absolute Gasteiger partial charge is 0.355 e. The molecule has 2 nitrogen and oxygen atoms in total. The van der Waals surface area contributed by atoms with E-state index >= 15 is 0 Å². The van der Waals surface area contributed by atoms with Crippen molar-refractivity contribution >= 4 is 17.5 Å². The average Bonchev–Trinajstić information content (AvgIpc) is 3.14. The molecule has 15 heavy (non-hydrogen) atoms. The molecule has 0 heterocycles. The first-order chi connectivity index (χ1) is 7.26. The normalized spacial score (nSPS) is 39.7. The van der Waals surface area contributed by atoms with Crippen LogP contribution in [0.3, 0.4) is 0 Å². The van der Waals surface area contributed by atoms with Crippen molar-refractivity contribution in [2.45, 2.75) is 32.1 Å². The summed E-state index contributed by atoms with van der Waals surface area (Å²) in [6.07, 6.45) is 6.28. The van der Waals surface area contributed by atoms with Crippen LogP contribution in [0.5, 0.6) is 0 Å². The molecule has 0 saturated heterocycles. The minimum Gasteiger partial charge on any atom is -0.355 e. The van der Waals surface area contributed by atoms with Crippen molar-refractivity contribution in [2.75, 3.05) is 12.4 Å². The number of carbonyl (C=O) groups is 1. The molecule has 3 aliphatic carbocycles. The van der Waals surface area contributed by atoms with E-state index in [1.165, 1.54) is 32.1 Å². The summed E-state index contributed by atoms with van der Waals surface area (Å²) < 4.78 is 0. The Bertz CT molecular complexity index is 277.